The molecule has 1 aliphatic heterocycles. The molecule has 0 spiro atoms. The molecule has 0 unspecified atom stereocenters. The Kier molecular flexibility index (Phi) is 5.90. The molecule has 2 aromatic heterocycles. The van der Waals surface area contributed by atoms with Gasteiger partial charge in [-0.05, 0) is 5.56 Å². The van der Waals surface area contributed by atoms with Crippen molar-refractivity contribution in [3.63, 3.8) is 0 Å². The number of fused-ring (bicyclic) bond motifs is 1. The number of rotatable bonds is 4. The number of halogens is 1. The number of aromatic nitrogens is 4. The summed E-state index contributed by atoms with van der Waals surface area (Å²) < 4.78 is 1.27. The Bertz CT molecular complexity index is 1140. The van der Waals surface area contributed by atoms with Crippen molar-refractivity contribution in [2.75, 3.05) is 13.1 Å². The van der Waals surface area contributed by atoms with Gasteiger partial charge in [-0.15, -0.1) is 12.4 Å². The lowest BCUT2D eigenvalue weighted by Gasteiger charge is -2.16. The van der Waals surface area contributed by atoms with Crippen LogP contribution in [0.3, 0.4) is 0 Å². The lowest BCUT2D eigenvalue weighted by Crippen LogP contribution is -2.32. The summed E-state index contributed by atoms with van der Waals surface area (Å²) in [6, 6.07) is 9.89. The molecular formula is C19H23ClN6O3. The molecule has 0 bridgehead atoms. The van der Waals surface area contributed by atoms with Crippen molar-refractivity contribution < 1.29 is 4.79 Å². The van der Waals surface area contributed by atoms with Crippen LogP contribution in [0.2, 0.25) is 0 Å². The maximum absolute atomic E-state index is 12.6. The zero-order valence-electron chi connectivity index (χ0n) is 15.9. The maximum Gasteiger partial charge on any atom is 0.329 e. The van der Waals surface area contributed by atoms with Crippen molar-refractivity contribution in [2.45, 2.75) is 24.8 Å². The van der Waals surface area contributed by atoms with Crippen molar-refractivity contribution in [1.82, 2.24) is 24.4 Å². The van der Waals surface area contributed by atoms with Crippen LogP contribution in [-0.2, 0) is 18.3 Å². The molecule has 4 N–H and O–H groups in total. The number of H-pyrrole nitrogens is 2. The Balaban J connectivity index is 0.00000240. The SMILES string of the molecule is Cl.Cn1c(=O)[nH]c(=O)c2[nH]c(CCC(=O)N3C[C@@H](N)[C@H](c4ccccc4)C3)nc21. The summed E-state index contributed by atoms with van der Waals surface area (Å²) in [4.78, 5) is 47.4. The summed E-state index contributed by atoms with van der Waals surface area (Å²) in [5.74, 6) is 0.625. The molecule has 1 fully saturated rings. The van der Waals surface area contributed by atoms with Gasteiger partial charge in [-0.1, -0.05) is 30.3 Å². The van der Waals surface area contributed by atoms with Crippen molar-refractivity contribution in [3.05, 3.63) is 62.6 Å². The van der Waals surface area contributed by atoms with E-state index in [0.29, 0.717) is 25.3 Å². The third kappa shape index (κ3) is 3.96. The van der Waals surface area contributed by atoms with Gasteiger partial charge >= 0.3 is 5.69 Å². The number of imidazole rings is 1. The molecule has 29 heavy (non-hydrogen) atoms. The van der Waals surface area contributed by atoms with E-state index < -0.39 is 11.2 Å². The highest BCUT2D eigenvalue weighted by Crippen LogP contribution is 2.26. The average Bonchev–Trinajstić information content (AvgIpc) is 3.29. The van der Waals surface area contributed by atoms with Gasteiger partial charge in [0.1, 0.15) is 11.3 Å². The lowest BCUT2D eigenvalue weighted by atomic mass is 9.95. The molecule has 0 aliphatic carbocycles. The van der Waals surface area contributed by atoms with E-state index in [9.17, 15) is 14.4 Å². The third-order valence-corrected chi connectivity index (χ3v) is 5.32. The molecule has 1 amide bonds. The first-order valence-electron chi connectivity index (χ1n) is 9.20. The third-order valence-electron chi connectivity index (χ3n) is 5.32. The number of likely N-dealkylation sites (tertiary alicyclic amines) is 1. The smallest absolute Gasteiger partial charge is 0.329 e. The molecule has 1 saturated heterocycles. The molecule has 10 heteroatoms. The van der Waals surface area contributed by atoms with Crippen LogP contribution in [0, 0.1) is 0 Å². The Morgan fingerprint density at radius 3 is 2.66 bits per heavy atom. The van der Waals surface area contributed by atoms with Crippen LogP contribution in [0.5, 0.6) is 0 Å². The molecule has 0 radical (unpaired) electrons. The fourth-order valence-electron chi connectivity index (χ4n) is 3.74. The fraction of sp³-hybridized carbons (Fsp3) is 0.368. The first-order valence-corrected chi connectivity index (χ1v) is 9.20. The van der Waals surface area contributed by atoms with E-state index in [-0.39, 0.29) is 47.9 Å². The lowest BCUT2D eigenvalue weighted by molar-refractivity contribution is -0.130. The zero-order valence-corrected chi connectivity index (χ0v) is 16.7. The van der Waals surface area contributed by atoms with Gasteiger partial charge in [0.2, 0.25) is 5.91 Å². The van der Waals surface area contributed by atoms with Crippen molar-refractivity contribution in [3.8, 4) is 0 Å². The van der Waals surface area contributed by atoms with Crippen molar-refractivity contribution in [1.29, 1.82) is 0 Å². The summed E-state index contributed by atoms with van der Waals surface area (Å²) in [5.41, 5.74) is 6.88. The van der Waals surface area contributed by atoms with Crippen LogP contribution in [0.15, 0.2) is 39.9 Å². The first kappa shape index (κ1) is 20.8. The largest absolute Gasteiger partial charge is 0.340 e. The zero-order chi connectivity index (χ0) is 19.8. The summed E-state index contributed by atoms with van der Waals surface area (Å²) >= 11 is 0. The van der Waals surface area contributed by atoms with E-state index in [4.69, 9.17) is 5.73 Å². The van der Waals surface area contributed by atoms with Gasteiger partial charge in [0.25, 0.3) is 5.56 Å². The summed E-state index contributed by atoms with van der Waals surface area (Å²) in [5, 5.41) is 0. The van der Waals surface area contributed by atoms with Crippen molar-refractivity contribution >= 4 is 29.5 Å². The molecule has 3 heterocycles. The van der Waals surface area contributed by atoms with E-state index >= 15 is 0 Å². The van der Waals surface area contributed by atoms with Crippen LogP contribution in [0.4, 0.5) is 0 Å². The number of carbonyl (C=O) groups is 1. The van der Waals surface area contributed by atoms with Gasteiger partial charge in [-0.2, -0.15) is 0 Å². The Morgan fingerprint density at radius 1 is 1.21 bits per heavy atom. The van der Waals surface area contributed by atoms with Gasteiger partial charge in [-0.25, -0.2) is 9.78 Å². The predicted octanol–water partition coefficient (Wildman–Crippen LogP) is 0.258. The minimum atomic E-state index is -0.523. The van der Waals surface area contributed by atoms with Gasteiger partial charge in [0, 0.05) is 44.9 Å². The number of nitrogens with two attached hydrogens (primary N) is 1. The number of nitrogens with one attached hydrogen (secondary N) is 2. The number of aromatic amines is 2. The van der Waals surface area contributed by atoms with E-state index in [0.717, 1.165) is 5.56 Å². The summed E-state index contributed by atoms with van der Waals surface area (Å²) in [6.07, 6.45) is 0.600. The Labute approximate surface area is 172 Å². The predicted molar refractivity (Wildman–Crippen MR) is 111 cm³/mol. The second-order valence-electron chi connectivity index (χ2n) is 7.18. The summed E-state index contributed by atoms with van der Waals surface area (Å²) in [7, 11) is 1.53. The Hall–Kier alpha value is -2.91. The second-order valence-corrected chi connectivity index (χ2v) is 7.18. The van der Waals surface area contributed by atoms with Crippen LogP contribution in [0.25, 0.3) is 11.2 Å². The highest BCUT2D eigenvalue weighted by atomic mass is 35.5. The standard InChI is InChI=1S/C19H22N6O3.ClH/c1-24-17-16(18(27)23-19(24)28)21-14(22-17)7-8-15(26)25-9-12(13(20)10-25)11-5-3-2-4-6-11;/h2-6,12-13H,7-10,20H2,1H3,(H,21,22)(H,23,27,28);1H/t12-,13+;/m0./s1. The monoisotopic (exact) mass is 418 g/mol. The number of hydrogen-bond acceptors (Lipinski definition) is 5. The van der Waals surface area contributed by atoms with E-state index in [1.54, 1.807) is 4.90 Å². The molecule has 9 nitrogen and oxygen atoms in total. The number of benzene rings is 1. The maximum atomic E-state index is 12.6. The molecule has 154 valence electrons. The molecule has 2 atom stereocenters. The molecule has 4 rings (SSSR count). The number of amides is 1. The number of hydrogen-bond donors (Lipinski definition) is 3. The normalized spacial score (nSPS) is 18.8. The second kappa shape index (κ2) is 8.22. The van der Waals surface area contributed by atoms with Gasteiger partial charge < -0.3 is 15.6 Å². The molecule has 0 saturated carbocycles. The average molecular weight is 419 g/mol. The highest BCUT2D eigenvalue weighted by Gasteiger charge is 2.33. The van der Waals surface area contributed by atoms with Gasteiger partial charge in [0.15, 0.2) is 5.65 Å². The number of carbonyl (C=O) groups excluding carboxylic acids is 1. The first-order chi connectivity index (χ1) is 13.4. The van der Waals surface area contributed by atoms with Crippen LogP contribution in [0.1, 0.15) is 23.7 Å². The topological polar surface area (TPSA) is 130 Å². The summed E-state index contributed by atoms with van der Waals surface area (Å²) in [6.45, 7) is 1.12. The highest BCUT2D eigenvalue weighted by molar-refractivity contribution is 5.85. The van der Waals surface area contributed by atoms with Crippen LogP contribution in [-0.4, -0.2) is 49.5 Å². The Morgan fingerprint density at radius 2 is 1.93 bits per heavy atom. The molecule has 1 aromatic carbocycles. The molecule has 3 aromatic rings. The number of aryl methyl sites for hydroxylation is 2. The van der Waals surface area contributed by atoms with E-state index in [1.165, 1.54) is 11.6 Å². The number of nitrogens with zero attached hydrogens (tertiary/aromatic N) is 3. The molecular weight excluding hydrogens is 396 g/mol. The molecule has 1 aliphatic rings. The minimum Gasteiger partial charge on any atom is -0.340 e. The van der Waals surface area contributed by atoms with Crippen LogP contribution < -0.4 is 17.0 Å². The van der Waals surface area contributed by atoms with Crippen molar-refractivity contribution in [2.24, 2.45) is 12.8 Å². The fourth-order valence-corrected chi connectivity index (χ4v) is 3.74. The van der Waals surface area contributed by atoms with Crippen LogP contribution >= 0.6 is 12.4 Å². The van der Waals surface area contributed by atoms with Gasteiger partial charge in [0.05, 0.1) is 0 Å². The quantitative estimate of drug-likeness (QED) is 0.559. The van der Waals surface area contributed by atoms with E-state index in [1.807, 2.05) is 30.3 Å². The van der Waals surface area contributed by atoms with E-state index in [2.05, 4.69) is 15.0 Å². The minimum absolute atomic E-state index is 0. The van der Waals surface area contributed by atoms with Gasteiger partial charge in [-0.3, -0.25) is 19.1 Å².